The average Bonchev–Trinajstić information content (AvgIpc) is 3.42. The van der Waals surface area contributed by atoms with E-state index in [1.54, 1.807) is 24.8 Å². The molecular weight excluding hydrogens is 504 g/mol. The van der Waals surface area contributed by atoms with Crippen LogP contribution in [0.15, 0.2) is 126 Å². The van der Waals surface area contributed by atoms with E-state index in [0.29, 0.717) is 11.3 Å². The van der Waals surface area contributed by atoms with E-state index >= 15 is 0 Å². The first-order chi connectivity index (χ1) is 20.2. The Morgan fingerprint density at radius 1 is 0.561 bits per heavy atom. The molecule has 4 aromatic carbocycles. The molecule has 0 aliphatic carbocycles. The second kappa shape index (κ2) is 9.93. The standard InChI is InChI=1S/C36H20N4O/c1-38-32-15-31(21-40-22-32)27-7-3-5-25(14-27)29-9-11-34-33-10-8-28(16-35(33)41-36(34)17-29)24-4-2-6-26(13-24)30-12-23(18-37)19-39-20-30/h2-17,19-22H. The molecule has 7 rings (SSSR count). The summed E-state index contributed by atoms with van der Waals surface area (Å²) in [6.45, 7) is 7.29. The van der Waals surface area contributed by atoms with E-state index in [1.165, 1.54) is 0 Å². The molecule has 0 N–H and O–H groups in total. The van der Waals surface area contributed by atoms with Crippen molar-refractivity contribution in [1.82, 2.24) is 9.97 Å². The minimum Gasteiger partial charge on any atom is -0.456 e. The summed E-state index contributed by atoms with van der Waals surface area (Å²) in [5, 5.41) is 11.4. The molecule has 5 heteroatoms. The fraction of sp³-hybridized carbons (Fsp3) is 0. The number of aromatic nitrogens is 2. The third kappa shape index (κ3) is 4.48. The van der Waals surface area contributed by atoms with Crippen LogP contribution in [-0.2, 0) is 0 Å². The number of nitrogens with zero attached hydrogens (tertiary/aromatic N) is 4. The van der Waals surface area contributed by atoms with E-state index < -0.39 is 0 Å². The predicted octanol–water partition coefficient (Wildman–Crippen LogP) is 9.47. The molecule has 0 aliphatic heterocycles. The van der Waals surface area contributed by atoms with Gasteiger partial charge in [-0.2, -0.15) is 5.26 Å². The Labute approximate surface area is 236 Å². The molecule has 5 nitrogen and oxygen atoms in total. The van der Waals surface area contributed by atoms with Crippen LogP contribution in [0.4, 0.5) is 5.69 Å². The molecule has 0 unspecified atom stereocenters. The van der Waals surface area contributed by atoms with Crippen LogP contribution in [0.25, 0.3) is 71.3 Å². The van der Waals surface area contributed by atoms with Crippen molar-refractivity contribution in [3.63, 3.8) is 0 Å². The summed E-state index contributed by atoms with van der Waals surface area (Å²) >= 11 is 0. The third-order valence-corrected chi connectivity index (χ3v) is 7.25. The maximum atomic E-state index is 9.25. The van der Waals surface area contributed by atoms with Crippen LogP contribution in [0.5, 0.6) is 0 Å². The summed E-state index contributed by atoms with van der Waals surface area (Å²) in [5.74, 6) is 0. The van der Waals surface area contributed by atoms with Gasteiger partial charge >= 0.3 is 0 Å². The molecule has 0 radical (unpaired) electrons. The molecule has 0 bridgehead atoms. The summed E-state index contributed by atoms with van der Waals surface area (Å²) in [4.78, 5) is 11.9. The summed E-state index contributed by atoms with van der Waals surface area (Å²) in [5.41, 5.74) is 10.7. The van der Waals surface area contributed by atoms with Crippen molar-refractivity contribution in [3.8, 4) is 50.6 Å². The van der Waals surface area contributed by atoms with Crippen molar-refractivity contribution in [2.24, 2.45) is 0 Å². The van der Waals surface area contributed by atoms with E-state index in [1.807, 2.05) is 36.4 Å². The molecule has 3 aromatic heterocycles. The Morgan fingerprint density at radius 3 is 1.63 bits per heavy atom. The van der Waals surface area contributed by atoms with Gasteiger partial charge in [-0.25, -0.2) is 4.85 Å². The van der Waals surface area contributed by atoms with Crippen molar-refractivity contribution >= 4 is 27.6 Å². The van der Waals surface area contributed by atoms with Gasteiger partial charge in [0.2, 0.25) is 5.69 Å². The Kier molecular flexibility index (Phi) is 5.82. The van der Waals surface area contributed by atoms with Gasteiger partial charge in [-0.05, 0) is 87.5 Å². The second-order valence-electron chi connectivity index (χ2n) is 9.80. The first-order valence-electron chi connectivity index (χ1n) is 13.0. The Morgan fingerprint density at radius 2 is 1.07 bits per heavy atom. The van der Waals surface area contributed by atoms with Crippen molar-refractivity contribution in [3.05, 3.63) is 139 Å². The normalized spacial score (nSPS) is 10.9. The number of fused-ring (bicyclic) bond motifs is 3. The maximum Gasteiger partial charge on any atom is 0.205 e. The first-order valence-corrected chi connectivity index (χ1v) is 13.0. The Balaban J connectivity index is 1.25. The third-order valence-electron chi connectivity index (χ3n) is 7.25. The van der Waals surface area contributed by atoms with E-state index in [2.05, 4.69) is 81.5 Å². The molecule has 0 aliphatic rings. The molecule has 3 heterocycles. The van der Waals surface area contributed by atoms with Crippen LogP contribution in [0.2, 0.25) is 0 Å². The molecule has 0 saturated heterocycles. The van der Waals surface area contributed by atoms with Gasteiger partial charge in [0.05, 0.1) is 12.1 Å². The lowest BCUT2D eigenvalue weighted by molar-refractivity contribution is 0.669. The summed E-state index contributed by atoms with van der Waals surface area (Å²) in [6, 6.07) is 34.9. The predicted molar refractivity (Wildman–Crippen MR) is 162 cm³/mol. The van der Waals surface area contributed by atoms with Crippen LogP contribution in [0.1, 0.15) is 5.56 Å². The van der Waals surface area contributed by atoms with Crippen molar-refractivity contribution in [2.75, 3.05) is 0 Å². The van der Waals surface area contributed by atoms with Gasteiger partial charge in [0.1, 0.15) is 17.2 Å². The number of pyridine rings is 2. The number of nitriles is 1. The monoisotopic (exact) mass is 524 g/mol. The minimum absolute atomic E-state index is 0.521. The fourth-order valence-corrected chi connectivity index (χ4v) is 5.20. The number of furan rings is 1. The molecule has 0 amide bonds. The van der Waals surface area contributed by atoms with Gasteiger partial charge in [0.15, 0.2) is 0 Å². The molecule has 0 fully saturated rings. The van der Waals surface area contributed by atoms with Crippen molar-refractivity contribution < 1.29 is 4.42 Å². The zero-order valence-electron chi connectivity index (χ0n) is 21.7. The van der Waals surface area contributed by atoms with E-state index in [4.69, 9.17) is 11.0 Å². The largest absolute Gasteiger partial charge is 0.456 e. The smallest absolute Gasteiger partial charge is 0.205 e. The lowest BCUT2D eigenvalue weighted by Crippen LogP contribution is -1.85. The van der Waals surface area contributed by atoms with Crippen LogP contribution in [-0.4, -0.2) is 9.97 Å². The molecule has 190 valence electrons. The highest BCUT2D eigenvalue weighted by atomic mass is 16.3. The molecule has 7 aromatic rings. The summed E-state index contributed by atoms with van der Waals surface area (Å²) < 4.78 is 6.38. The van der Waals surface area contributed by atoms with Gasteiger partial charge in [-0.3, -0.25) is 9.97 Å². The number of hydrogen-bond donors (Lipinski definition) is 0. The van der Waals surface area contributed by atoms with E-state index in [0.717, 1.165) is 66.4 Å². The van der Waals surface area contributed by atoms with Crippen LogP contribution >= 0.6 is 0 Å². The quantitative estimate of drug-likeness (QED) is 0.215. The second-order valence-corrected chi connectivity index (χ2v) is 9.80. The van der Waals surface area contributed by atoms with E-state index in [-0.39, 0.29) is 0 Å². The molecule has 41 heavy (non-hydrogen) atoms. The Bertz CT molecular complexity index is 2040. The SMILES string of the molecule is [C-]#[N+]c1cncc(-c2cccc(-c3ccc4c(c3)oc3cc(-c5cccc(-c6cncc(C#N)c6)c5)ccc34)c2)c1. The Hall–Kier alpha value is -6.04. The highest BCUT2D eigenvalue weighted by Gasteiger charge is 2.12. The number of benzene rings is 4. The van der Waals surface area contributed by atoms with Crippen LogP contribution < -0.4 is 0 Å². The lowest BCUT2D eigenvalue weighted by Gasteiger charge is -2.06. The van der Waals surface area contributed by atoms with E-state index in [9.17, 15) is 5.26 Å². The fourth-order valence-electron chi connectivity index (χ4n) is 5.20. The summed E-state index contributed by atoms with van der Waals surface area (Å²) in [7, 11) is 0. The minimum atomic E-state index is 0.521. The number of hydrogen-bond acceptors (Lipinski definition) is 4. The zero-order valence-corrected chi connectivity index (χ0v) is 21.7. The van der Waals surface area contributed by atoms with Gasteiger partial charge in [-0.1, -0.05) is 48.5 Å². The molecular formula is C36H20N4O. The highest BCUT2D eigenvalue weighted by molar-refractivity contribution is 6.07. The lowest BCUT2D eigenvalue weighted by atomic mass is 9.98. The average molecular weight is 525 g/mol. The van der Waals surface area contributed by atoms with Crippen molar-refractivity contribution in [2.45, 2.75) is 0 Å². The van der Waals surface area contributed by atoms with Gasteiger partial charge in [0.25, 0.3) is 0 Å². The van der Waals surface area contributed by atoms with Crippen LogP contribution in [0, 0.1) is 17.9 Å². The first kappa shape index (κ1) is 24.0. The topological polar surface area (TPSA) is 67.1 Å². The molecule has 0 atom stereocenters. The van der Waals surface area contributed by atoms with Crippen LogP contribution in [0.3, 0.4) is 0 Å². The van der Waals surface area contributed by atoms with Gasteiger partial charge < -0.3 is 4.42 Å². The molecule has 0 saturated carbocycles. The summed E-state index contributed by atoms with van der Waals surface area (Å²) in [6.07, 6.45) is 6.70. The number of rotatable bonds is 4. The van der Waals surface area contributed by atoms with Crippen molar-refractivity contribution in [1.29, 1.82) is 5.26 Å². The van der Waals surface area contributed by atoms with Gasteiger partial charge in [0, 0.05) is 41.1 Å². The molecule has 0 spiro atoms. The van der Waals surface area contributed by atoms with Gasteiger partial charge in [-0.15, -0.1) is 0 Å². The zero-order chi connectivity index (χ0) is 27.8. The maximum absolute atomic E-state index is 9.25. The highest BCUT2D eigenvalue weighted by Crippen LogP contribution is 2.36.